The molecule has 2 saturated carbocycles. The van der Waals surface area contributed by atoms with E-state index in [2.05, 4.69) is 13.8 Å². The number of esters is 1. The van der Waals surface area contributed by atoms with Crippen molar-refractivity contribution in [1.29, 1.82) is 0 Å². The quantitative estimate of drug-likeness (QED) is 0.535. The van der Waals surface area contributed by atoms with Crippen LogP contribution in [0.3, 0.4) is 0 Å². The fourth-order valence-electron chi connectivity index (χ4n) is 3.52. The maximum Gasteiger partial charge on any atom is 0.309 e. The molecule has 3 heteroatoms. The summed E-state index contributed by atoms with van der Waals surface area (Å²) in [6.07, 6.45) is 2.36. The summed E-state index contributed by atoms with van der Waals surface area (Å²) in [5.41, 5.74) is 0. The molecular weight excluding hydrogens is 204 g/mol. The Bertz CT molecular complexity index is 252. The van der Waals surface area contributed by atoms with Crippen molar-refractivity contribution < 1.29 is 9.53 Å². The number of rotatable bonds is 3. The molecule has 2 bridgehead atoms. The summed E-state index contributed by atoms with van der Waals surface area (Å²) in [6.45, 7) is 5.30. The molecule has 2 aliphatic carbocycles. The van der Waals surface area contributed by atoms with Gasteiger partial charge < -0.3 is 4.74 Å². The number of carbonyl (C=O) groups excluding carboxylic acids is 1. The van der Waals surface area contributed by atoms with E-state index < -0.39 is 0 Å². The van der Waals surface area contributed by atoms with Crippen molar-refractivity contribution in [3.63, 3.8) is 0 Å². The normalized spacial score (nSPS) is 43.5. The monoisotopic (exact) mass is 226 g/mol. The molecule has 0 radical (unpaired) electrons. The molecule has 86 valence electrons. The average Bonchev–Trinajstić information content (AvgIpc) is 2.77. The Labute approximate surface area is 95.2 Å². The van der Waals surface area contributed by atoms with Gasteiger partial charge in [0.2, 0.25) is 0 Å². The molecule has 15 heavy (non-hydrogen) atoms. The Hall–Kier alpha value is -0.313. The van der Waals surface area contributed by atoms with E-state index in [1.54, 1.807) is 0 Å². The van der Waals surface area contributed by atoms with Crippen molar-refractivity contribution in [3.05, 3.63) is 0 Å². The third kappa shape index (κ3) is 1.86. The number of fused-ring (bicyclic) bond motifs is 2. The smallest absolute Gasteiger partial charge is 0.309 e. The summed E-state index contributed by atoms with van der Waals surface area (Å²) in [7, 11) is 1.13. The highest BCUT2D eigenvalue weighted by atomic mass is 28.1. The lowest BCUT2D eigenvalue weighted by Crippen LogP contribution is -2.31. The Balaban J connectivity index is 1.94. The minimum atomic E-state index is 0.0945. The predicted molar refractivity (Wildman–Crippen MR) is 63.7 cm³/mol. The van der Waals surface area contributed by atoms with E-state index in [9.17, 15) is 4.79 Å². The Morgan fingerprint density at radius 1 is 1.33 bits per heavy atom. The molecule has 0 aromatic carbocycles. The van der Waals surface area contributed by atoms with Crippen LogP contribution in [-0.4, -0.2) is 22.8 Å². The summed E-state index contributed by atoms with van der Waals surface area (Å²) >= 11 is 0. The van der Waals surface area contributed by atoms with Gasteiger partial charge in [0, 0.05) is 10.2 Å². The minimum absolute atomic E-state index is 0.0945. The molecule has 2 nitrogen and oxygen atoms in total. The molecule has 0 saturated heterocycles. The van der Waals surface area contributed by atoms with E-state index >= 15 is 0 Å². The molecule has 5 atom stereocenters. The van der Waals surface area contributed by atoms with Gasteiger partial charge >= 0.3 is 5.97 Å². The highest BCUT2D eigenvalue weighted by molar-refractivity contribution is 6.08. The summed E-state index contributed by atoms with van der Waals surface area (Å²) in [4.78, 5) is 11.8. The molecule has 2 rings (SSSR count). The van der Waals surface area contributed by atoms with Crippen molar-refractivity contribution in [2.75, 3.05) is 6.61 Å². The molecule has 0 spiro atoms. The molecule has 0 N–H and O–H groups in total. The Morgan fingerprint density at radius 3 is 2.60 bits per heavy atom. The van der Waals surface area contributed by atoms with Gasteiger partial charge in [-0.05, 0) is 42.6 Å². The van der Waals surface area contributed by atoms with Crippen LogP contribution in [0.15, 0.2) is 0 Å². The maximum absolute atomic E-state index is 11.8. The van der Waals surface area contributed by atoms with E-state index in [4.69, 9.17) is 4.74 Å². The standard InChI is InChI=1S/C12H22O2Si/c1-7-8(2)10-5-9(7)6-11(10)12(13)14-3-4-15/h7-11H,3-6H2,1-2,15H3. The first kappa shape index (κ1) is 11.2. The lowest BCUT2D eigenvalue weighted by atomic mass is 9.76. The summed E-state index contributed by atoms with van der Waals surface area (Å²) in [5.74, 6) is 3.27. The van der Waals surface area contributed by atoms with Crippen molar-refractivity contribution in [2.45, 2.75) is 32.7 Å². The lowest BCUT2D eigenvalue weighted by molar-refractivity contribution is -0.150. The second-order valence-electron chi connectivity index (χ2n) is 5.39. The van der Waals surface area contributed by atoms with Gasteiger partial charge in [-0.25, -0.2) is 0 Å². The summed E-state index contributed by atoms with van der Waals surface area (Å²) in [6, 6.07) is 1.07. The highest BCUT2D eigenvalue weighted by Gasteiger charge is 2.51. The van der Waals surface area contributed by atoms with E-state index in [1.165, 1.54) is 6.42 Å². The van der Waals surface area contributed by atoms with Gasteiger partial charge in [0.05, 0.1) is 12.5 Å². The average molecular weight is 226 g/mol. The molecule has 0 heterocycles. The molecular formula is C12H22O2Si. The zero-order valence-corrected chi connectivity index (χ0v) is 12.0. The first-order valence-corrected chi connectivity index (χ1v) is 7.73. The van der Waals surface area contributed by atoms with Gasteiger partial charge in [-0.1, -0.05) is 13.8 Å². The van der Waals surface area contributed by atoms with Crippen LogP contribution in [-0.2, 0) is 9.53 Å². The number of carbonyl (C=O) groups is 1. The van der Waals surface area contributed by atoms with Gasteiger partial charge in [-0.15, -0.1) is 0 Å². The van der Waals surface area contributed by atoms with Crippen molar-refractivity contribution in [2.24, 2.45) is 29.6 Å². The van der Waals surface area contributed by atoms with E-state index in [0.29, 0.717) is 12.5 Å². The van der Waals surface area contributed by atoms with Crippen molar-refractivity contribution in [3.8, 4) is 0 Å². The van der Waals surface area contributed by atoms with Crippen LogP contribution in [0.4, 0.5) is 0 Å². The highest BCUT2D eigenvalue weighted by Crippen LogP contribution is 2.55. The van der Waals surface area contributed by atoms with Crippen LogP contribution in [0, 0.1) is 29.6 Å². The lowest BCUT2D eigenvalue weighted by Gasteiger charge is -2.30. The Kier molecular flexibility index (Phi) is 3.19. The number of ether oxygens (including phenoxy) is 1. The largest absolute Gasteiger partial charge is 0.466 e. The molecule has 2 fully saturated rings. The maximum atomic E-state index is 11.8. The van der Waals surface area contributed by atoms with Gasteiger partial charge in [-0.2, -0.15) is 0 Å². The predicted octanol–water partition coefficient (Wildman–Crippen LogP) is 1.24. The zero-order valence-electron chi connectivity index (χ0n) is 10.0. The van der Waals surface area contributed by atoms with Crippen LogP contribution in [0.25, 0.3) is 0 Å². The van der Waals surface area contributed by atoms with Crippen LogP contribution in [0.2, 0.25) is 6.04 Å². The number of hydrogen-bond acceptors (Lipinski definition) is 2. The third-order valence-corrected chi connectivity index (χ3v) is 5.06. The van der Waals surface area contributed by atoms with Gasteiger partial charge in [0.15, 0.2) is 0 Å². The topological polar surface area (TPSA) is 26.3 Å². The van der Waals surface area contributed by atoms with Crippen molar-refractivity contribution >= 4 is 16.2 Å². The van der Waals surface area contributed by atoms with Crippen molar-refractivity contribution in [1.82, 2.24) is 0 Å². The first-order chi connectivity index (χ1) is 7.15. The third-order valence-electron chi connectivity index (χ3n) is 4.65. The number of hydrogen-bond donors (Lipinski definition) is 0. The molecule has 0 aromatic heterocycles. The SMILES string of the molecule is CC1C2CC(C(=O)OCC[SiH3])C(C2)C1C. The van der Waals surface area contributed by atoms with Gasteiger partial charge in [0.25, 0.3) is 0 Å². The molecule has 0 aliphatic heterocycles. The second-order valence-corrected chi connectivity index (χ2v) is 6.39. The minimum Gasteiger partial charge on any atom is -0.466 e. The van der Waals surface area contributed by atoms with E-state index in [-0.39, 0.29) is 11.9 Å². The fraction of sp³-hybridized carbons (Fsp3) is 0.917. The molecule has 2 aliphatic rings. The van der Waals surface area contributed by atoms with E-state index in [0.717, 1.165) is 40.5 Å². The Morgan fingerprint density at radius 2 is 2.07 bits per heavy atom. The van der Waals surface area contributed by atoms with Gasteiger partial charge in [0.1, 0.15) is 0 Å². The van der Waals surface area contributed by atoms with Crippen LogP contribution < -0.4 is 0 Å². The van der Waals surface area contributed by atoms with Crippen LogP contribution >= 0.6 is 0 Å². The summed E-state index contributed by atoms with van der Waals surface area (Å²) < 4.78 is 5.31. The zero-order chi connectivity index (χ0) is 11.0. The fourth-order valence-corrected chi connectivity index (χ4v) is 3.73. The summed E-state index contributed by atoms with van der Waals surface area (Å²) in [5, 5.41) is 0. The van der Waals surface area contributed by atoms with Crippen LogP contribution in [0.1, 0.15) is 26.7 Å². The first-order valence-electron chi connectivity index (χ1n) is 6.31. The second kappa shape index (κ2) is 4.28. The molecule has 0 aromatic rings. The van der Waals surface area contributed by atoms with E-state index in [1.807, 2.05) is 0 Å². The van der Waals surface area contributed by atoms with Crippen LogP contribution in [0.5, 0.6) is 0 Å². The molecule has 0 amide bonds. The molecule has 5 unspecified atom stereocenters. The van der Waals surface area contributed by atoms with Gasteiger partial charge in [-0.3, -0.25) is 4.79 Å².